The first-order chi connectivity index (χ1) is 13.9. The lowest BCUT2D eigenvalue weighted by Crippen LogP contribution is -2.55. The van der Waals surface area contributed by atoms with Gasteiger partial charge < -0.3 is 30.7 Å². The zero-order chi connectivity index (χ0) is 20.9. The lowest BCUT2D eigenvalue weighted by atomic mass is 9.82. The highest BCUT2D eigenvalue weighted by atomic mass is 16.6. The molecule has 0 saturated carbocycles. The lowest BCUT2D eigenvalue weighted by molar-refractivity contribution is -0.137. The number of hydrogen-bond donors (Lipinski definition) is 3. The van der Waals surface area contributed by atoms with Crippen molar-refractivity contribution in [2.24, 2.45) is 11.7 Å². The number of carbonyl (C=O) groups is 3. The molecule has 3 aliphatic heterocycles. The van der Waals surface area contributed by atoms with Crippen LogP contribution in [0, 0.1) is 5.92 Å². The fraction of sp³-hybridized carbons (Fsp3) is 0.650. The molecule has 2 fully saturated rings. The minimum absolute atomic E-state index is 0.0403. The summed E-state index contributed by atoms with van der Waals surface area (Å²) in [6.45, 7) is 4.86. The molecule has 1 aliphatic carbocycles. The molecule has 0 spiro atoms. The van der Waals surface area contributed by atoms with Crippen LogP contribution < -0.4 is 16.4 Å². The van der Waals surface area contributed by atoms with Gasteiger partial charge in [0.15, 0.2) is 5.72 Å². The first kappa shape index (κ1) is 19.9. The van der Waals surface area contributed by atoms with Gasteiger partial charge in [-0.25, -0.2) is 4.79 Å². The quantitative estimate of drug-likeness (QED) is 0.296. The molecule has 29 heavy (non-hydrogen) atoms. The van der Waals surface area contributed by atoms with E-state index in [9.17, 15) is 14.4 Å². The molecule has 9 heteroatoms. The van der Waals surface area contributed by atoms with Gasteiger partial charge in [-0.1, -0.05) is 19.8 Å². The number of hydrogen-bond acceptors (Lipinski definition) is 8. The molecular formula is C20H28N4O5. The van der Waals surface area contributed by atoms with E-state index in [1.165, 1.54) is 0 Å². The van der Waals surface area contributed by atoms with Crippen LogP contribution in [-0.2, 0) is 19.1 Å². The molecule has 0 aromatic carbocycles. The van der Waals surface area contributed by atoms with Crippen molar-refractivity contribution in [1.82, 2.24) is 15.5 Å². The molecule has 158 valence electrons. The number of ketones is 2. The van der Waals surface area contributed by atoms with Gasteiger partial charge in [-0.3, -0.25) is 9.59 Å². The van der Waals surface area contributed by atoms with E-state index in [2.05, 4.69) is 17.6 Å². The average molecular weight is 404 g/mol. The molecule has 0 bridgehead atoms. The molecule has 0 aromatic rings. The highest BCUT2D eigenvalue weighted by molar-refractivity contribution is 6.25. The Kier molecular flexibility index (Phi) is 4.90. The monoisotopic (exact) mass is 404 g/mol. The summed E-state index contributed by atoms with van der Waals surface area (Å²) in [6, 6.07) is 0.141. The molecule has 4 atom stereocenters. The van der Waals surface area contributed by atoms with E-state index >= 15 is 0 Å². The summed E-state index contributed by atoms with van der Waals surface area (Å²) in [4.78, 5) is 40.0. The van der Waals surface area contributed by atoms with Crippen LogP contribution in [0.1, 0.15) is 33.1 Å². The van der Waals surface area contributed by atoms with E-state index < -0.39 is 17.7 Å². The Bertz CT molecular complexity index is 835. The molecule has 9 nitrogen and oxygen atoms in total. The molecule has 4 rings (SSSR count). The summed E-state index contributed by atoms with van der Waals surface area (Å²) in [5.74, 6) is -1.01. The average Bonchev–Trinajstić information content (AvgIpc) is 3.30. The highest BCUT2D eigenvalue weighted by Crippen LogP contribution is 2.55. The van der Waals surface area contributed by atoms with E-state index in [4.69, 9.17) is 15.2 Å². The van der Waals surface area contributed by atoms with Crippen molar-refractivity contribution in [3.05, 3.63) is 22.5 Å². The van der Waals surface area contributed by atoms with Crippen LogP contribution in [0.3, 0.4) is 0 Å². The predicted molar refractivity (Wildman–Crippen MR) is 103 cm³/mol. The number of nitrogens with zero attached hydrogens (tertiary/aromatic N) is 1. The Morgan fingerprint density at radius 1 is 1.34 bits per heavy atom. The highest BCUT2D eigenvalue weighted by Gasteiger charge is 2.72. The first-order valence-corrected chi connectivity index (χ1v) is 10.2. The number of primary amides is 1. The van der Waals surface area contributed by atoms with Crippen LogP contribution in [0.5, 0.6) is 0 Å². The smallest absolute Gasteiger partial charge is 0.404 e. The van der Waals surface area contributed by atoms with Gasteiger partial charge >= 0.3 is 6.09 Å². The van der Waals surface area contributed by atoms with Gasteiger partial charge in [-0.15, -0.1) is 0 Å². The van der Waals surface area contributed by atoms with Crippen molar-refractivity contribution in [2.75, 3.05) is 26.8 Å². The summed E-state index contributed by atoms with van der Waals surface area (Å²) in [5, 5.41) is 6.51. The molecule has 1 amide bonds. The Balaban J connectivity index is 1.69. The molecule has 4 aliphatic rings. The second-order valence-electron chi connectivity index (χ2n) is 8.05. The van der Waals surface area contributed by atoms with E-state index in [0.717, 1.165) is 19.3 Å². The van der Waals surface area contributed by atoms with Crippen molar-refractivity contribution in [3.63, 3.8) is 0 Å². The Morgan fingerprint density at radius 2 is 2.10 bits per heavy atom. The molecular weight excluding hydrogens is 376 g/mol. The number of ether oxygens (including phenoxy) is 2. The van der Waals surface area contributed by atoms with Gasteiger partial charge in [0, 0.05) is 37.4 Å². The number of allylic oxidation sites excluding steroid dienone is 2. The molecule has 2 unspecified atom stereocenters. The minimum Gasteiger partial charge on any atom is -0.449 e. The Hall–Kier alpha value is -2.39. The predicted octanol–water partition coefficient (Wildman–Crippen LogP) is 0.170. The first-order valence-electron chi connectivity index (χ1n) is 10.2. The maximum absolute atomic E-state index is 13.5. The number of rotatable bonds is 8. The molecule has 0 aromatic heterocycles. The van der Waals surface area contributed by atoms with E-state index in [0.29, 0.717) is 35.6 Å². The molecule has 0 radical (unpaired) electrons. The number of methoxy groups -OCH3 is 1. The molecule has 2 saturated heterocycles. The molecule has 3 heterocycles. The summed E-state index contributed by atoms with van der Waals surface area (Å²) in [6.07, 6.45) is 2.10. The minimum atomic E-state index is -0.936. The third kappa shape index (κ3) is 2.78. The van der Waals surface area contributed by atoms with E-state index in [1.807, 2.05) is 4.90 Å². The fourth-order valence-electron chi connectivity index (χ4n) is 5.09. The second kappa shape index (κ2) is 7.14. The second-order valence-corrected chi connectivity index (χ2v) is 8.05. The van der Waals surface area contributed by atoms with Gasteiger partial charge in [0.25, 0.3) is 0 Å². The Labute approximate surface area is 169 Å². The number of unbranched alkanes of at least 4 members (excludes halogenated alkanes) is 2. The summed E-state index contributed by atoms with van der Waals surface area (Å²) in [7, 11) is 1.56. The van der Waals surface area contributed by atoms with Crippen molar-refractivity contribution >= 4 is 17.7 Å². The fourth-order valence-corrected chi connectivity index (χ4v) is 5.09. The molecule has 4 N–H and O–H groups in total. The summed E-state index contributed by atoms with van der Waals surface area (Å²) >= 11 is 0. The SMILES string of the molecule is CCCCCNC1=C(C)C(=O)C2=C(C1=O)[C@@H](COC(N)=O)[C@@]1(OC)C3NC3CN21. The normalized spacial score (nSPS) is 32.4. The van der Waals surface area contributed by atoms with Crippen molar-refractivity contribution in [3.8, 4) is 0 Å². The standard InChI is InChI=1S/C20H28N4O5/c1-4-5-6-7-22-14-10(2)16(25)15-13(17(14)26)11(9-29-19(21)27)20(28-3)18-12(23-18)8-24(15)20/h11-12,18,22-23H,4-9H2,1-3H3,(H2,21,27)/t11-,12?,18?,20-/m1/s1. The number of amides is 1. The van der Waals surface area contributed by atoms with Gasteiger partial charge in [-0.05, 0) is 13.3 Å². The third-order valence-corrected chi connectivity index (χ3v) is 6.51. The largest absolute Gasteiger partial charge is 0.449 e. The van der Waals surface area contributed by atoms with Crippen molar-refractivity contribution in [2.45, 2.75) is 50.9 Å². The third-order valence-electron chi connectivity index (χ3n) is 6.51. The number of fused-ring (bicyclic) bond motifs is 4. The van der Waals surface area contributed by atoms with Gasteiger partial charge in [0.2, 0.25) is 11.6 Å². The topological polar surface area (TPSA) is 133 Å². The number of piperazine rings is 1. The number of carbonyl (C=O) groups excluding carboxylic acids is 3. The number of Topliss-reactive ketones (excluding diaryl/α,β-unsaturated/α-hetero) is 2. The van der Waals surface area contributed by atoms with Gasteiger partial charge in [-0.2, -0.15) is 0 Å². The lowest BCUT2D eigenvalue weighted by Gasteiger charge is -2.39. The van der Waals surface area contributed by atoms with Crippen LogP contribution in [0.15, 0.2) is 22.5 Å². The van der Waals surface area contributed by atoms with Crippen LogP contribution in [0.2, 0.25) is 0 Å². The van der Waals surface area contributed by atoms with Crippen LogP contribution in [-0.4, -0.2) is 67.2 Å². The maximum atomic E-state index is 13.5. The zero-order valence-corrected chi connectivity index (χ0v) is 17.0. The number of nitrogens with two attached hydrogens (primary N) is 1. The Morgan fingerprint density at radius 3 is 2.76 bits per heavy atom. The van der Waals surface area contributed by atoms with Crippen LogP contribution >= 0.6 is 0 Å². The van der Waals surface area contributed by atoms with Crippen molar-refractivity contribution < 1.29 is 23.9 Å². The van der Waals surface area contributed by atoms with Crippen LogP contribution in [0.25, 0.3) is 0 Å². The van der Waals surface area contributed by atoms with Crippen molar-refractivity contribution in [1.29, 1.82) is 0 Å². The maximum Gasteiger partial charge on any atom is 0.404 e. The summed E-state index contributed by atoms with van der Waals surface area (Å²) < 4.78 is 11.0. The van der Waals surface area contributed by atoms with Gasteiger partial charge in [0.1, 0.15) is 6.61 Å². The number of nitrogens with one attached hydrogen (secondary N) is 2. The summed E-state index contributed by atoms with van der Waals surface area (Å²) in [5.41, 5.74) is 5.74. The zero-order valence-electron chi connectivity index (χ0n) is 17.0. The van der Waals surface area contributed by atoms with E-state index in [-0.39, 0.29) is 30.3 Å². The van der Waals surface area contributed by atoms with E-state index in [1.54, 1.807) is 14.0 Å². The van der Waals surface area contributed by atoms with Gasteiger partial charge in [0.05, 0.1) is 23.4 Å². The van der Waals surface area contributed by atoms with Crippen LogP contribution in [0.4, 0.5) is 4.79 Å².